The number of hydrogen-bond donors (Lipinski definition) is 1. The molecule has 1 aliphatic carbocycles. The number of carbonyl (C=O) groups excluding carboxylic acids is 1. The maximum atomic E-state index is 13.4. The van der Waals surface area contributed by atoms with E-state index in [2.05, 4.69) is 25.1 Å². The van der Waals surface area contributed by atoms with Crippen molar-refractivity contribution in [3.8, 4) is 11.1 Å². The Labute approximate surface area is 155 Å². The zero-order valence-corrected chi connectivity index (χ0v) is 15.4. The summed E-state index contributed by atoms with van der Waals surface area (Å²) in [5.74, 6) is 0.0975. The van der Waals surface area contributed by atoms with Crippen LogP contribution in [0.1, 0.15) is 48.0 Å². The average Bonchev–Trinajstić information content (AvgIpc) is 3.00. The van der Waals surface area contributed by atoms with E-state index in [0.29, 0.717) is 6.54 Å². The van der Waals surface area contributed by atoms with Crippen LogP contribution < -0.4 is 0 Å². The molecule has 2 fully saturated rings. The summed E-state index contributed by atoms with van der Waals surface area (Å²) in [4.78, 5) is 15.3. The first kappa shape index (κ1) is 17.3. The number of hydrogen-bond acceptors (Lipinski definition) is 2. The van der Waals surface area contributed by atoms with Gasteiger partial charge in [0.25, 0.3) is 5.91 Å². The number of rotatable bonds is 2. The normalized spacial score (nSPS) is 25.6. The van der Waals surface area contributed by atoms with Gasteiger partial charge in [-0.05, 0) is 49.8 Å². The van der Waals surface area contributed by atoms with Crippen LogP contribution in [0.5, 0.6) is 0 Å². The van der Waals surface area contributed by atoms with Gasteiger partial charge in [0, 0.05) is 24.1 Å². The van der Waals surface area contributed by atoms with Crippen LogP contribution >= 0.6 is 0 Å². The standard InChI is InChI=1S/C23H27NO2/c1-17-7-4-8-18(15-17)19-9-2-3-10-20(19)22(26)24-14-6-13-23(16-24)12-5-11-21(23)25/h2-4,7-10,15,21,25H,5-6,11-14,16H2,1H3/t21-,23+/m1/s1. The second kappa shape index (κ2) is 6.88. The number of aliphatic hydroxyl groups is 1. The molecule has 1 aliphatic heterocycles. The lowest BCUT2D eigenvalue weighted by Crippen LogP contribution is -2.49. The van der Waals surface area contributed by atoms with E-state index >= 15 is 0 Å². The van der Waals surface area contributed by atoms with E-state index in [0.717, 1.165) is 55.3 Å². The molecule has 136 valence electrons. The molecule has 1 spiro atoms. The Bertz CT molecular complexity index is 815. The van der Waals surface area contributed by atoms with E-state index in [1.165, 1.54) is 5.56 Å². The molecule has 3 heteroatoms. The molecule has 1 saturated carbocycles. The zero-order chi connectivity index (χ0) is 18.1. The Balaban J connectivity index is 1.65. The van der Waals surface area contributed by atoms with Crippen molar-refractivity contribution in [2.45, 2.75) is 45.1 Å². The number of nitrogens with zero attached hydrogens (tertiary/aromatic N) is 1. The number of amides is 1. The number of benzene rings is 2. The van der Waals surface area contributed by atoms with Crippen LogP contribution in [-0.2, 0) is 0 Å². The van der Waals surface area contributed by atoms with Gasteiger partial charge in [-0.25, -0.2) is 0 Å². The fourth-order valence-electron chi connectivity index (χ4n) is 4.83. The van der Waals surface area contributed by atoms with Crippen LogP contribution in [0.15, 0.2) is 48.5 Å². The van der Waals surface area contributed by atoms with Crippen molar-refractivity contribution in [2.24, 2.45) is 5.41 Å². The first-order valence-corrected chi connectivity index (χ1v) is 9.72. The van der Waals surface area contributed by atoms with Crippen molar-refractivity contribution >= 4 is 5.91 Å². The van der Waals surface area contributed by atoms with Gasteiger partial charge in [0.15, 0.2) is 0 Å². The first-order valence-electron chi connectivity index (χ1n) is 9.72. The van der Waals surface area contributed by atoms with Crippen LogP contribution in [0, 0.1) is 12.3 Å². The molecule has 1 N–H and O–H groups in total. The molecule has 0 bridgehead atoms. The summed E-state index contributed by atoms with van der Waals surface area (Å²) in [6.45, 7) is 3.55. The van der Waals surface area contributed by atoms with Crippen molar-refractivity contribution in [3.63, 3.8) is 0 Å². The minimum absolute atomic E-state index is 0.0772. The summed E-state index contributed by atoms with van der Waals surface area (Å²) in [6.07, 6.45) is 4.75. The summed E-state index contributed by atoms with van der Waals surface area (Å²) in [5.41, 5.74) is 3.96. The van der Waals surface area contributed by atoms with E-state index in [-0.39, 0.29) is 17.4 Å². The second-order valence-electron chi connectivity index (χ2n) is 8.02. The molecule has 26 heavy (non-hydrogen) atoms. The minimum Gasteiger partial charge on any atom is -0.392 e. The summed E-state index contributed by atoms with van der Waals surface area (Å²) in [7, 11) is 0. The highest BCUT2D eigenvalue weighted by molar-refractivity contribution is 6.01. The number of aliphatic hydroxyl groups excluding tert-OH is 1. The second-order valence-corrected chi connectivity index (χ2v) is 8.02. The predicted molar refractivity (Wildman–Crippen MR) is 104 cm³/mol. The highest BCUT2D eigenvalue weighted by Gasteiger charge is 2.45. The molecule has 4 rings (SSSR count). The van der Waals surface area contributed by atoms with Crippen molar-refractivity contribution in [3.05, 3.63) is 59.7 Å². The van der Waals surface area contributed by atoms with E-state index in [1.54, 1.807) is 0 Å². The lowest BCUT2D eigenvalue weighted by atomic mass is 9.76. The highest BCUT2D eigenvalue weighted by atomic mass is 16.3. The number of piperidine rings is 1. The Morgan fingerprint density at radius 2 is 1.92 bits per heavy atom. The molecule has 1 heterocycles. The fourth-order valence-corrected chi connectivity index (χ4v) is 4.83. The molecule has 2 atom stereocenters. The Kier molecular flexibility index (Phi) is 4.58. The maximum absolute atomic E-state index is 13.4. The summed E-state index contributed by atoms with van der Waals surface area (Å²) >= 11 is 0. The van der Waals surface area contributed by atoms with E-state index in [1.807, 2.05) is 35.2 Å². The third kappa shape index (κ3) is 3.05. The molecule has 0 unspecified atom stereocenters. The summed E-state index contributed by atoms with van der Waals surface area (Å²) < 4.78 is 0. The minimum atomic E-state index is -0.259. The molecule has 0 aromatic heterocycles. The topological polar surface area (TPSA) is 40.5 Å². The van der Waals surface area contributed by atoms with Gasteiger partial charge in [0.2, 0.25) is 0 Å². The Morgan fingerprint density at radius 1 is 1.12 bits per heavy atom. The zero-order valence-electron chi connectivity index (χ0n) is 15.4. The van der Waals surface area contributed by atoms with Gasteiger partial charge in [-0.1, -0.05) is 54.4 Å². The molecule has 3 nitrogen and oxygen atoms in total. The largest absolute Gasteiger partial charge is 0.392 e. The molecular weight excluding hydrogens is 322 g/mol. The van der Waals surface area contributed by atoms with Crippen molar-refractivity contribution in [1.29, 1.82) is 0 Å². The molecule has 1 saturated heterocycles. The summed E-state index contributed by atoms with van der Waals surface area (Å²) in [6, 6.07) is 16.2. The van der Waals surface area contributed by atoms with Gasteiger partial charge >= 0.3 is 0 Å². The van der Waals surface area contributed by atoms with Gasteiger partial charge < -0.3 is 10.0 Å². The molecule has 1 amide bonds. The van der Waals surface area contributed by atoms with Gasteiger partial charge in [-0.3, -0.25) is 4.79 Å². The first-order chi connectivity index (χ1) is 12.6. The number of likely N-dealkylation sites (tertiary alicyclic amines) is 1. The van der Waals surface area contributed by atoms with Crippen molar-refractivity contribution < 1.29 is 9.90 Å². The quantitative estimate of drug-likeness (QED) is 0.871. The molecule has 2 aromatic rings. The van der Waals surface area contributed by atoms with Crippen LogP contribution in [0.25, 0.3) is 11.1 Å². The predicted octanol–water partition coefficient (Wildman–Crippen LogP) is 4.43. The van der Waals surface area contributed by atoms with E-state index in [4.69, 9.17) is 0 Å². The smallest absolute Gasteiger partial charge is 0.254 e. The van der Waals surface area contributed by atoms with E-state index in [9.17, 15) is 9.90 Å². The van der Waals surface area contributed by atoms with E-state index < -0.39 is 0 Å². The Morgan fingerprint density at radius 3 is 2.69 bits per heavy atom. The van der Waals surface area contributed by atoms with Crippen LogP contribution in [-0.4, -0.2) is 35.1 Å². The summed E-state index contributed by atoms with van der Waals surface area (Å²) in [5, 5.41) is 10.5. The van der Waals surface area contributed by atoms with Gasteiger partial charge in [0.1, 0.15) is 0 Å². The molecule has 2 aliphatic rings. The van der Waals surface area contributed by atoms with Crippen LogP contribution in [0.2, 0.25) is 0 Å². The van der Waals surface area contributed by atoms with Gasteiger partial charge in [-0.2, -0.15) is 0 Å². The average molecular weight is 349 g/mol. The Hall–Kier alpha value is -2.13. The van der Waals surface area contributed by atoms with Crippen LogP contribution in [0.4, 0.5) is 0 Å². The van der Waals surface area contributed by atoms with Gasteiger partial charge in [0.05, 0.1) is 6.10 Å². The third-order valence-electron chi connectivity index (χ3n) is 6.24. The maximum Gasteiger partial charge on any atom is 0.254 e. The monoisotopic (exact) mass is 349 g/mol. The van der Waals surface area contributed by atoms with Crippen molar-refractivity contribution in [2.75, 3.05) is 13.1 Å². The highest BCUT2D eigenvalue weighted by Crippen LogP contribution is 2.45. The van der Waals surface area contributed by atoms with Crippen LogP contribution in [0.3, 0.4) is 0 Å². The van der Waals surface area contributed by atoms with Gasteiger partial charge in [-0.15, -0.1) is 0 Å². The molecule has 2 aromatic carbocycles. The number of carbonyl (C=O) groups is 1. The third-order valence-corrected chi connectivity index (χ3v) is 6.24. The van der Waals surface area contributed by atoms with Crippen molar-refractivity contribution in [1.82, 2.24) is 4.90 Å². The lowest BCUT2D eigenvalue weighted by Gasteiger charge is -2.42. The SMILES string of the molecule is Cc1cccc(-c2ccccc2C(=O)N2CCC[C@@]3(CCC[C@H]3O)C2)c1. The number of aryl methyl sites for hydroxylation is 1. The molecular formula is C23H27NO2. The fraction of sp³-hybridized carbons (Fsp3) is 0.435. The lowest BCUT2D eigenvalue weighted by molar-refractivity contribution is -0.00533. The molecule has 0 radical (unpaired) electrons.